The molecule has 0 fully saturated rings. The van der Waals surface area contributed by atoms with Gasteiger partial charge < -0.3 is 20.9 Å². The number of rotatable bonds is 9. The number of alkyl halides is 1. The number of hydrogen-bond donors (Lipinski definition) is 3. The number of amidine groups is 1. The maximum absolute atomic E-state index is 13.3. The van der Waals surface area contributed by atoms with Gasteiger partial charge in [-0.2, -0.15) is 0 Å². The highest BCUT2D eigenvalue weighted by molar-refractivity contribution is 6.09. The summed E-state index contributed by atoms with van der Waals surface area (Å²) >= 11 is 0. The van der Waals surface area contributed by atoms with Crippen molar-refractivity contribution in [3.05, 3.63) is 65.0 Å². The second-order valence-corrected chi connectivity index (χ2v) is 7.90. The molecule has 4 N–H and O–H groups in total. The van der Waals surface area contributed by atoms with Crippen LogP contribution in [0.2, 0.25) is 0 Å². The number of nitrogens with two attached hydrogens (primary N) is 1. The molecular formula is C24H27FN6O2. The number of aromatic nitrogens is 2. The van der Waals surface area contributed by atoms with Gasteiger partial charge >= 0.3 is 0 Å². The topological polar surface area (TPSA) is 114 Å². The summed E-state index contributed by atoms with van der Waals surface area (Å²) in [6, 6.07) is 12.7. The molecule has 0 saturated heterocycles. The van der Waals surface area contributed by atoms with Crippen LogP contribution in [0.25, 0.3) is 11.0 Å². The van der Waals surface area contributed by atoms with E-state index < -0.39 is 12.7 Å². The van der Waals surface area contributed by atoms with Crippen LogP contribution in [0.15, 0.2) is 47.5 Å². The minimum absolute atomic E-state index is 0.0396. The molecule has 172 valence electrons. The lowest BCUT2D eigenvalue weighted by molar-refractivity contribution is 0.0912. The fourth-order valence-corrected chi connectivity index (χ4v) is 4.22. The summed E-state index contributed by atoms with van der Waals surface area (Å²) in [6.07, 6.45) is 1.10. The van der Waals surface area contributed by atoms with E-state index in [1.165, 1.54) is 0 Å². The van der Waals surface area contributed by atoms with Crippen LogP contribution in [0.5, 0.6) is 0 Å². The monoisotopic (exact) mass is 450 g/mol. The maximum Gasteiger partial charge on any atom is 0.252 e. The Balaban J connectivity index is 1.65. The molecule has 8 nitrogen and oxygen atoms in total. The van der Waals surface area contributed by atoms with E-state index in [1.54, 1.807) is 12.1 Å². The molecule has 2 amide bonds. The van der Waals surface area contributed by atoms with Crippen molar-refractivity contribution in [3.63, 3.8) is 0 Å². The van der Waals surface area contributed by atoms with Crippen LogP contribution >= 0.6 is 0 Å². The molecular weight excluding hydrogens is 423 g/mol. The number of fused-ring (bicyclic) bond motifs is 2. The molecule has 0 saturated carbocycles. The molecule has 2 aromatic carbocycles. The Morgan fingerprint density at radius 2 is 2.12 bits per heavy atom. The zero-order valence-electron chi connectivity index (χ0n) is 18.5. The molecule has 0 radical (unpaired) electrons. The van der Waals surface area contributed by atoms with Crippen LogP contribution in [0.3, 0.4) is 0 Å². The maximum atomic E-state index is 13.3. The lowest BCUT2D eigenvalue weighted by Crippen LogP contribution is -2.32. The van der Waals surface area contributed by atoms with Gasteiger partial charge in [-0.15, -0.1) is 0 Å². The molecule has 2 heterocycles. The Hall–Kier alpha value is -3.75. The number of benzene rings is 2. The van der Waals surface area contributed by atoms with Gasteiger partial charge in [-0.3, -0.25) is 14.6 Å². The van der Waals surface area contributed by atoms with Gasteiger partial charge in [0.25, 0.3) is 11.8 Å². The lowest BCUT2D eigenvalue weighted by Gasteiger charge is -2.20. The van der Waals surface area contributed by atoms with E-state index in [-0.39, 0.29) is 17.6 Å². The van der Waals surface area contributed by atoms with Crippen LogP contribution in [-0.4, -0.2) is 40.4 Å². The highest BCUT2D eigenvalue weighted by Crippen LogP contribution is 2.26. The van der Waals surface area contributed by atoms with Crippen molar-refractivity contribution in [2.24, 2.45) is 10.7 Å². The number of imidazole rings is 1. The van der Waals surface area contributed by atoms with Crippen LogP contribution in [0.4, 0.5) is 4.39 Å². The Bertz CT molecular complexity index is 1220. The van der Waals surface area contributed by atoms with Crippen molar-refractivity contribution >= 4 is 28.7 Å². The molecule has 1 aliphatic rings. The number of nitrogens with zero attached hydrogens (tertiary/aromatic N) is 3. The molecule has 0 bridgehead atoms. The molecule has 4 rings (SSSR count). The number of hydrogen-bond acceptors (Lipinski definition) is 4. The number of halogens is 1. The number of carbonyl (C=O) groups excluding carboxylic acids is 2. The van der Waals surface area contributed by atoms with E-state index in [0.717, 1.165) is 22.4 Å². The molecule has 0 unspecified atom stereocenters. The first-order valence-corrected chi connectivity index (χ1v) is 11.0. The average Bonchev–Trinajstić information content (AvgIpc) is 3.41. The minimum Gasteiger partial charge on any atom is -0.385 e. The van der Waals surface area contributed by atoms with E-state index in [4.69, 9.17) is 10.7 Å². The summed E-state index contributed by atoms with van der Waals surface area (Å²) < 4.78 is 14.7. The normalized spacial score (nSPS) is 14.2. The third-order valence-electron chi connectivity index (χ3n) is 5.78. The van der Waals surface area contributed by atoms with Crippen molar-refractivity contribution in [2.75, 3.05) is 13.2 Å². The molecule has 1 aromatic heterocycles. The first kappa shape index (κ1) is 22.4. The third kappa shape index (κ3) is 4.57. The van der Waals surface area contributed by atoms with E-state index in [0.29, 0.717) is 43.6 Å². The number of carbonyl (C=O) groups is 2. The smallest absolute Gasteiger partial charge is 0.252 e. The predicted octanol–water partition coefficient (Wildman–Crippen LogP) is 2.88. The third-order valence-corrected chi connectivity index (χ3v) is 5.78. The Morgan fingerprint density at radius 3 is 2.91 bits per heavy atom. The fraction of sp³-hybridized carbons (Fsp3) is 0.333. The van der Waals surface area contributed by atoms with Gasteiger partial charge in [0.05, 0.1) is 28.2 Å². The fourth-order valence-electron chi connectivity index (χ4n) is 4.22. The van der Waals surface area contributed by atoms with E-state index >= 15 is 0 Å². The summed E-state index contributed by atoms with van der Waals surface area (Å²) in [6.45, 7) is 2.68. The van der Waals surface area contributed by atoms with Crippen molar-refractivity contribution in [3.8, 4) is 0 Å². The first-order valence-electron chi connectivity index (χ1n) is 11.0. The summed E-state index contributed by atoms with van der Waals surface area (Å²) in [4.78, 5) is 34.4. The van der Waals surface area contributed by atoms with Gasteiger partial charge in [-0.25, -0.2) is 9.37 Å². The number of amides is 2. The lowest BCUT2D eigenvalue weighted by atomic mass is 10.0. The van der Waals surface area contributed by atoms with Gasteiger partial charge in [0.15, 0.2) is 0 Å². The largest absolute Gasteiger partial charge is 0.385 e. The van der Waals surface area contributed by atoms with E-state index in [9.17, 15) is 14.0 Å². The van der Waals surface area contributed by atoms with Gasteiger partial charge in [-0.05, 0) is 43.5 Å². The number of aliphatic imine (C=N–C) groups is 1. The van der Waals surface area contributed by atoms with Crippen molar-refractivity contribution in [1.82, 2.24) is 20.2 Å². The summed E-state index contributed by atoms with van der Waals surface area (Å²) in [5.74, 6) is 0.105. The number of nitrogens with one attached hydrogen (secondary N) is 2. The second kappa shape index (κ2) is 9.81. The van der Waals surface area contributed by atoms with Crippen molar-refractivity contribution < 1.29 is 14.0 Å². The Labute approximate surface area is 191 Å². The standard InChI is InChI=1S/C24H27FN6O2/c1-2-31-19-11-4-3-9-17(19)29-22(31)18(10-6-12-27-20(26)13-25)30-23(32)16-8-5-7-15-14-28-24(33)21(15)16/h3-5,7-9,11,18H,2,6,10,12-14H2,1H3,(H2,26,27)(H,28,33)(H,30,32)/t18-/m0/s1. The van der Waals surface area contributed by atoms with Gasteiger partial charge in [0.1, 0.15) is 18.3 Å². The minimum atomic E-state index is -0.785. The highest BCUT2D eigenvalue weighted by Gasteiger charge is 2.28. The van der Waals surface area contributed by atoms with Crippen molar-refractivity contribution in [1.29, 1.82) is 0 Å². The van der Waals surface area contributed by atoms with Crippen LogP contribution < -0.4 is 16.4 Å². The SMILES string of the molecule is CCn1c([C@H](CCCN=C(N)CF)NC(=O)c2cccc3c2C(=O)NC3)nc2ccccc21. The van der Waals surface area contributed by atoms with E-state index in [1.807, 2.05) is 37.3 Å². The zero-order chi connectivity index (χ0) is 23.4. The average molecular weight is 451 g/mol. The summed E-state index contributed by atoms with van der Waals surface area (Å²) in [7, 11) is 0. The van der Waals surface area contributed by atoms with Crippen LogP contribution in [0, 0.1) is 0 Å². The van der Waals surface area contributed by atoms with Crippen LogP contribution in [0.1, 0.15) is 57.9 Å². The van der Waals surface area contributed by atoms with Gasteiger partial charge in [0, 0.05) is 19.6 Å². The Morgan fingerprint density at radius 1 is 1.30 bits per heavy atom. The molecule has 1 aliphatic heterocycles. The van der Waals surface area contributed by atoms with Crippen LogP contribution in [-0.2, 0) is 13.1 Å². The predicted molar refractivity (Wildman–Crippen MR) is 125 cm³/mol. The molecule has 0 aliphatic carbocycles. The highest BCUT2D eigenvalue weighted by atomic mass is 19.1. The second-order valence-electron chi connectivity index (χ2n) is 7.90. The number of para-hydroxylation sites is 2. The first-order chi connectivity index (χ1) is 16.0. The van der Waals surface area contributed by atoms with Crippen molar-refractivity contribution in [2.45, 2.75) is 38.9 Å². The Kier molecular flexibility index (Phi) is 6.67. The molecule has 9 heteroatoms. The summed E-state index contributed by atoms with van der Waals surface area (Å²) in [5.41, 5.74) is 8.85. The summed E-state index contributed by atoms with van der Waals surface area (Å²) in [5, 5.41) is 5.85. The van der Waals surface area contributed by atoms with E-state index in [2.05, 4.69) is 20.2 Å². The zero-order valence-corrected chi connectivity index (χ0v) is 18.5. The van der Waals surface area contributed by atoms with Gasteiger partial charge in [-0.1, -0.05) is 24.3 Å². The molecule has 0 spiro atoms. The quantitative estimate of drug-likeness (QED) is 0.264. The number of aryl methyl sites for hydroxylation is 1. The van der Waals surface area contributed by atoms with Gasteiger partial charge in [0.2, 0.25) is 0 Å². The molecule has 1 atom stereocenters. The molecule has 33 heavy (non-hydrogen) atoms. The molecule has 3 aromatic rings.